The fraction of sp³-hybridized carbons (Fsp3) is 0.500. The number of anilines is 1. The first kappa shape index (κ1) is 15.8. The average Bonchev–Trinajstić information content (AvgIpc) is 2.32. The Hall–Kier alpha value is -1.29. The summed E-state index contributed by atoms with van der Waals surface area (Å²) in [4.78, 5) is 12.0. The third kappa shape index (κ3) is 4.71. The predicted molar refractivity (Wildman–Crippen MR) is 77.0 cm³/mol. The summed E-state index contributed by atoms with van der Waals surface area (Å²) in [5, 5.41) is 6.07. The lowest BCUT2D eigenvalue weighted by Crippen LogP contribution is -2.48. The van der Waals surface area contributed by atoms with Crippen LogP contribution in [0.1, 0.15) is 34.1 Å². The fourth-order valence-corrected chi connectivity index (χ4v) is 1.59. The summed E-state index contributed by atoms with van der Waals surface area (Å²) in [7, 11) is 0. The van der Waals surface area contributed by atoms with E-state index in [-0.39, 0.29) is 17.1 Å². The molecule has 1 unspecified atom stereocenters. The molecule has 3 nitrogen and oxygen atoms in total. The molecule has 1 amide bonds. The molecule has 0 aliphatic heterocycles. The molecule has 1 atom stereocenters. The van der Waals surface area contributed by atoms with E-state index in [1.807, 2.05) is 20.8 Å². The van der Waals surface area contributed by atoms with Gasteiger partial charge in [0.1, 0.15) is 11.9 Å². The van der Waals surface area contributed by atoms with Gasteiger partial charge in [-0.05, 0) is 45.4 Å². The molecule has 106 valence electrons. The maximum absolute atomic E-state index is 13.6. The number of carbonyl (C=O) groups is 1. The van der Waals surface area contributed by atoms with E-state index in [1.54, 1.807) is 13.0 Å². The predicted octanol–water partition coefficient (Wildman–Crippen LogP) is 3.58. The maximum Gasteiger partial charge on any atom is 0.242 e. The van der Waals surface area contributed by atoms with E-state index >= 15 is 0 Å². The lowest BCUT2D eigenvalue weighted by Gasteiger charge is -2.27. The van der Waals surface area contributed by atoms with Crippen LogP contribution >= 0.6 is 11.6 Å². The van der Waals surface area contributed by atoms with E-state index in [2.05, 4.69) is 10.6 Å². The van der Waals surface area contributed by atoms with Gasteiger partial charge in [-0.25, -0.2) is 4.39 Å². The van der Waals surface area contributed by atoms with Crippen LogP contribution in [0.4, 0.5) is 10.1 Å². The van der Waals surface area contributed by atoms with Crippen LogP contribution in [-0.2, 0) is 4.79 Å². The highest BCUT2D eigenvalue weighted by Gasteiger charge is 2.22. The average molecular weight is 287 g/mol. The molecule has 0 heterocycles. The molecule has 0 aliphatic carbocycles. The minimum atomic E-state index is -0.526. The standard InChI is InChI=1S/C14H20ClFN2O/c1-5-14(3,4)18-13(19)9(2)17-12-7-6-10(15)8-11(12)16/h6-9,17H,5H2,1-4H3,(H,18,19). The fourth-order valence-electron chi connectivity index (χ4n) is 1.44. The number of benzene rings is 1. The molecule has 1 aromatic rings. The molecule has 2 N–H and O–H groups in total. The Morgan fingerprint density at radius 3 is 2.63 bits per heavy atom. The van der Waals surface area contributed by atoms with Gasteiger partial charge in [-0.2, -0.15) is 0 Å². The van der Waals surface area contributed by atoms with Crippen molar-refractivity contribution in [1.29, 1.82) is 0 Å². The molecule has 0 saturated heterocycles. The first-order valence-electron chi connectivity index (χ1n) is 6.29. The summed E-state index contributed by atoms with van der Waals surface area (Å²) in [6, 6.07) is 3.78. The van der Waals surface area contributed by atoms with Crippen molar-refractivity contribution < 1.29 is 9.18 Å². The molecule has 19 heavy (non-hydrogen) atoms. The molecule has 0 bridgehead atoms. The smallest absolute Gasteiger partial charge is 0.242 e. The number of rotatable bonds is 5. The molecule has 0 radical (unpaired) electrons. The van der Waals surface area contributed by atoms with Crippen molar-refractivity contribution in [3.63, 3.8) is 0 Å². The van der Waals surface area contributed by atoms with Crippen molar-refractivity contribution in [3.8, 4) is 0 Å². The van der Waals surface area contributed by atoms with Gasteiger partial charge in [-0.3, -0.25) is 4.79 Å². The minimum Gasteiger partial charge on any atom is -0.372 e. The first-order chi connectivity index (χ1) is 8.75. The quantitative estimate of drug-likeness (QED) is 0.868. The van der Waals surface area contributed by atoms with E-state index in [0.717, 1.165) is 6.42 Å². The van der Waals surface area contributed by atoms with Gasteiger partial charge >= 0.3 is 0 Å². The van der Waals surface area contributed by atoms with Crippen LogP contribution in [0.5, 0.6) is 0 Å². The number of hydrogen-bond donors (Lipinski definition) is 2. The second-order valence-electron chi connectivity index (χ2n) is 5.22. The van der Waals surface area contributed by atoms with Crippen LogP contribution in [0.25, 0.3) is 0 Å². The third-order valence-electron chi connectivity index (χ3n) is 3.04. The van der Waals surface area contributed by atoms with Crippen LogP contribution in [0, 0.1) is 5.82 Å². The van der Waals surface area contributed by atoms with Gasteiger partial charge in [-0.15, -0.1) is 0 Å². The Bertz CT molecular complexity index is 463. The van der Waals surface area contributed by atoms with Crippen LogP contribution in [0.3, 0.4) is 0 Å². The van der Waals surface area contributed by atoms with E-state index in [1.165, 1.54) is 12.1 Å². The van der Waals surface area contributed by atoms with Gasteiger partial charge in [0, 0.05) is 10.6 Å². The van der Waals surface area contributed by atoms with E-state index in [0.29, 0.717) is 5.02 Å². The molecular weight excluding hydrogens is 267 g/mol. The zero-order chi connectivity index (χ0) is 14.6. The molecule has 0 aromatic heterocycles. The van der Waals surface area contributed by atoms with Gasteiger partial charge in [-0.1, -0.05) is 18.5 Å². The number of carbonyl (C=O) groups excluding carboxylic acids is 1. The Kier molecular flexibility index (Phi) is 5.18. The summed E-state index contributed by atoms with van der Waals surface area (Å²) in [5.74, 6) is -0.636. The Morgan fingerprint density at radius 2 is 2.11 bits per heavy atom. The lowest BCUT2D eigenvalue weighted by molar-refractivity contribution is -0.123. The SMILES string of the molecule is CCC(C)(C)NC(=O)C(C)Nc1ccc(Cl)cc1F. The van der Waals surface area contributed by atoms with Crippen LogP contribution in [-0.4, -0.2) is 17.5 Å². The Morgan fingerprint density at radius 1 is 1.47 bits per heavy atom. The summed E-state index contributed by atoms with van der Waals surface area (Å²) >= 11 is 5.67. The van der Waals surface area contributed by atoms with E-state index < -0.39 is 11.9 Å². The Balaban J connectivity index is 2.69. The maximum atomic E-state index is 13.6. The third-order valence-corrected chi connectivity index (χ3v) is 3.28. The van der Waals surface area contributed by atoms with Crippen molar-refractivity contribution in [2.75, 3.05) is 5.32 Å². The van der Waals surface area contributed by atoms with Crippen molar-refractivity contribution in [2.24, 2.45) is 0 Å². The van der Waals surface area contributed by atoms with E-state index in [9.17, 15) is 9.18 Å². The molecular formula is C14H20ClFN2O. The van der Waals surface area contributed by atoms with Crippen LogP contribution < -0.4 is 10.6 Å². The normalized spacial score (nSPS) is 12.9. The number of halogens is 2. The highest BCUT2D eigenvalue weighted by atomic mass is 35.5. The molecule has 0 spiro atoms. The van der Waals surface area contributed by atoms with Crippen LogP contribution in [0.2, 0.25) is 5.02 Å². The topological polar surface area (TPSA) is 41.1 Å². The van der Waals surface area contributed by atoms with Crippen molar-refractivity contribution in [3.05, 3.63) is 29.0 Å². The monoisotopic (exact) mass is 286 g/mol. The second kappa shape index (κ2) is 6.24. The number of amides is 1. The van der Waals surface area contributed by atoms with Crippen LogP contribution in [0.15, 0.2) is 18.2 Å². The number of hydrogen-bond acceptors (Lipinski definition) is 2. The zero-order valence-corrected chi connectivity index (χ0v) is 12.4. The van der Waals surface area contributed by atoms with Gasteiger partial charge in [0.15, 0.2) is 0 Å². The molecule has 0 aliphatic rings. The molecule has 5 heteroatoms. The first-order valence-corrected chi connectivity index (χ1v) is 6.66. The van der Waals surface area contributed by atoms with Gasteiger partial charge in [0.2, 0.25) is 5.91 Å². The summed E-state index contributed by atoms with van der Waals surface area (Å²) < 4.78 is 13.6. The Labute approximate surface area is 118 Å². The summed E-state index contributed by atoms with van der Waals surface area (Å²) in [6.45, 7) is 7.58. The number of nitrogens with one attached hydrogen (secondary N) is 2. The molecule has 1 aromatic carbocycles. The largest absolute Gasteiger partial charge is 0.372 e. The van der Waals surface area contributed by atoms with Crippen molar-refractivity contribution in [1.82, 2.24) is 5.32 Å². The molecule has 0 fully saturated rings. The van der Waals surface area contributed by atoms with Gasteiger partial charge in [0.05, 0.1) is 5.69 Å². The zero-order valence-electron chi connectivity index (χ0n) is 11.7. The summed E-state index contributed by atoms with van der Waals surface area (Å²) in [6.07, 6.45) is 0.820. The summed E-state index contributed by atoms with van der Waals surface area (Å²) in [5.41, 5.74) is -0.00711. The lowest BCUT2D eigenvalue weighted by atomic mass is 10.0. The van der Waals surface area contributed by atoms with Gasteiger partial charge < -0.3 is 10.6 Å². The molecule has 1 rings (SSSR count). The van der Waals surface area contributed by atoms with E-state index in [4.69, 9.17) is 11.6 Å². The minimum absolute atomic E-state index is 0.166. The highest BCUT2D eigenvalue weighted by molar-refractivity contribution is 6.30. The van der Waals surface area contributed by atoms with Crippen molar-refractivity contribution in [2.45, 2.75) is 45.7 Å². The molecule has 0 saturated carbocycles. The van der Waals surface area contributed by atoms with Gasteiger partial charge in [0.25, 0.3) is 0 Å². The highest BCUT2D eigenvalue weighted by Crippen LogP contribution is 2.19. The van der Waals surface area contributed by atoms with Crippen molar-refractivity contribution >= 4 is 23.2 Å². The second-order valence-corrected chi connectivity index (χ2v) is 5.65.